The van der Waals surface area contributed by atoms with E-state index in [9.17, 15) is 0 Å². The second-order valence-corrected chi connectivity index (χ2v) is 7.79. The third-order valence-electron chi connectivity index (χ3n) is 5.87. The Morgan fingerprint density at radius 2 is 2.15 bits per heavy atom. The van der Waals surface area contributed by atoms with Gasteiger partial charge < -0.3 is 19.8 Å². The number of hydrogen-bond acceptors (Lipinski definition) is 4. The molecule has 1 aromatic rings. The van der Waals surface area contributed by atoms with Crippen molar-refractivity contribution in [1.82, 2.24) is 15.5 Å². The van der Waals surface area contributed by atoms with Gasteiger partial charge in [0.2, 0.25) is 0 Å². The first-order chi connectivity index (χ1) is 12.7. The van der Waals surface area contributed by atoms with Gasteiger partial charge in [-0.05, 0) is 71.2 Å². The van der Waals surface area contributed by atoms with Crippen LogP contribution in [0, 0.1) is 6.92 Å². The quantitative estimate of drug-likeness (QED) is 0.603. The molecular weight excluding hydrogens is 328 g/mol. The first-order valence-corrected chi connectivity index (χ1v) is 10.2. The molecule has 0 aromatic carbocycles. The van der Waals surface area contributed by atoms with Crippen molar-refractivity contribution in [2.24, 2.45) is 4.99 Å². The van der Waals surface area contributed by atoms with Crippen LogP contribution in [0.1, 0.15) is 56.6 Å². The van der Waals surface area contributed by atoms with Crippen molar-refractivity contribution >= 4 is 5.96 Å². The van der Waals surface area contributed by atoms with Crippen LogP contribution in [0.3, 0.4) is 0 Å². The van der Waals surface area contributed by atoms with Crippen molar-refractivity contribution in [3.8, 4) is 0 Å². The molecule has 6 nitrogen and oxygen atoms in total. The Balaban J connectivity index is 1.45. The van der Waals surface area contributed by atoms with Crippen LogP contribution in [0.25, 0.3) is 0 Å². The fourth-order valence-electron chi connectivity index (χ4n) is 4.53. The summed E-state index contributed by atoms with van der Waals surface area (Å²) in [6, 6.07) is 4.77. The molecule has 0 saturated carbocycles. The lowest BCUT2D eigenvalue weighted by Crippen LogP contribution is -2.47. The van der Waals surface area contributed by atoms with Gasteiger partial charge >= 0.3 is 0 Å². The SMILES string of the molecule is CCNC(=NCC(c1ccc(C)o1)N1CCCC1)NC1CC2CCC1O2. The molecule has 3 aliphatic heterocycles. The number of nitrogens with one attached hydrogen (secondary N) is 2. The Bertz CT molecular complexity index is 623. The zero-order chi connectivity index (χ0) is 17.9. The molecule has 0 amide bonds. The van der Waals surface area contributed by atoms with Crippen LogP contribution in [0.15, 0.2) is 21.5 Å². The number of guanidine groups is 1. The molecule has 3 fully saturated rings. The van der Waals surface area contributed by atoms with Gasteiger partial charge in [0, 0.05) is 6.54 Å². The van der Waals surface area contributed by atoms with Gasteiger partial charge in [-0.2, -0.15) is 0 Å². The minimum absolute atomic E-state index is 0.220. The molecule has 3 saturated heterocycles. The highest BCUT2D eigenvalue weighted by Gasteiger charge is 2.41. The van der Waals surface area contributed by atoms with Crippen molar-refractivity contribution < 1.29 is 9.15 Å². The Morgan fingerprint density at radius 1 is 1.31 bits per heavy atom. The number of furan rings is 1. The molecule has 4 atom stereocenters. The van der Waals surface area contributed by atoms with E-state index in [0.29, 0.717) is 24.8 Å². The Morgan fingerprint density at radius 3 is 2.77 bits per heavy atom. The molecule has 6 heteroatoms. The molecule has 3 aliphatic rings. The predicted octanol–water partition coefficient (Wildman–Crippen LogP) is 2.60. The van der Waals surface area contributed by atoms with Gasteiger partial charge in [-0.15, -0.1) is 0 Å². The lowest BCUT2D eigenvalue weighted by molar-refractivity contribution is 0.0992. The Hall–Kier alpha value is -1.53. The summed E-state index contributed by atoms with van der Waals surface area (Å²) in [6.07, 6.45) is 6.81. The maximum Gasteiger partial charge on any atom is 0.191 e. The first-order valence-electron chi connectivity index (χ1n) is 10.2. The second-order valence-electron chi connectivity index (χ2n) is 7.79. The van der Waals surface area contributed by atoms with Gasteiger partial charge in [0.05, 0.1) is 30.8 Å². The average Bonchev–Trinajstić information content (AvgIpc) is 3.41. The summed E-state index contributed by atoms with van der Waals surface area (Å²) < 4.78 is 11.9. The minimum atomic E-state index is 0.220. The summed E-state index contributed by atoms with van der Waals surface area (Å²) in [5.74, 6) is 2.91. The van der Waals surface area contributed by atoms with Crippen molar-refractivity contribution in [2.75, 3.05) is 26.2 Å². The van der Waals surface area contributed by atoms with Crippen LogP contribution in [-0.4, -0.2) is 55.3 Å². The molecule has 0 aliphatic carbocycles. The highest BCUT2D eigenvalue weighted by atomic mass is 16.5. The lowest BCUT2D eigenvalue weighted by Gasteiger charge is -2.26. The van der Waals surface area contributed by atoms with Gasteiger partial charge in [-0.1, -0.05) is 0 Å². The van der Waals surface area contributed by atoms with Gasteiger partial charge in [0.15, 0.2) is 5.96 Å². The molecular formula is C20H32N4O2. The Kier molecular flexibility index (Phi) is 5.50. The highest BCUT2D eigenvalue weighted by Crippen LogP contribution is 2.34. The highest BCUT2D eigenvalue weighted by molar-refractivity contribution is 5.80. The van der Waals surface area contributed by atoms with E-state index in [2.05, 4.69) is 34.6 Å². The van der Waals surface area contributed by atoms with E-state index in [0.717, 1.165) is 43.5 Å². The van der Waals surface area contributed by atoms with Crippen molar-refractivity contribution in [3.63, 3.8) is 0 Å². The van der Waals surface area contributed by atoms with Crippen LogP contribution in [0.5, 0.6) is 0 Å². The van der Waals surface area contributed by atoms with Crippen LogP contribution >= 0.6 is 0 Å². The van der Waals surface area contributed by atoms with E-state index in [1.165, 1.54) is 25.7 Å². The second kappa shape index (κ2) is 8.01. The zero-order valence-electron chi connectivity index (χ0n) is 16.0. The standard InChI is InChI=1S/C20H32N4O2/c1-3-21-20(23-16-12-15-7-9-18(16)26-15)22-13-17(24-10-4-5-11-24)19-8-6-14(2)25-19/h6,8,15-18H,3-5,7,9-13H2,1-2H3,(H2,21,22,23). The van der Waals surface area contributed by atoms with Gasteiger partial charge in [0.1, 0.15) is 11.5 Å². The van der Waals surface area contributed by atoms with Gasteiger partial charge in [-0.3, -0.25) is 9.89 Å². The summed E-state index contributed by atoms with van der Waals surface area (Å²) in [6.45, 7) is 7.96. The number of likely N-dealkylation sites (tertiary alicyclic amines) is 1. The molecule has 26 heavy (non-hydrogen) atoms. The molecule has 144 valence electrons. The summed E-state index contributed by atoms with van der Waals surface area (Å²) in [4.78, 5) is 7.43. The van der Waals surface area contributed by atoms with Crippen molar-refractivity contribution in [1.29, 1.82) is 0 Å². The first kappa shape index (κ1) is 17.9. The normalized spacial score (nSPS) is 30.1. The van der Waals surface area contributed by atoms with E-state index in [1.54, 1.807) is 0 Å². The van der Waals surface area contributed by atoms with Gasteiger partial charge in [-0.25, -0.2) is 0 Å². The topological polar surface area (TPSA) is 62.0 Å². The largest absolute Gasteiger partial charge is 0.465 e. The molecule has 4 unspecified atom stereocenters. The number of ether oxygens (including phenoxy) is 1. The monoisotopic (exact) mass is 360 g/mol. The molecule has 0 radical (unpaired) electrons. The fraction of sp³-hybridized carbons (Fsp3) is 0.750. The fourth-order valence-corrected chi connectivity index (χ4v) is 4.53. The maximum atomic E-state index is 5.97. The van der Waals surface area contributed by atoms with Crippen molar-refractivity contribution in [3.05, 3.63) is 23.7 Å². The third kappa shape index (κ3) is 3.91. The van der Waals surface area contributed by atoms with E-state index < -0.39 is 0 Å². The molecule has 0 spiro atoms. The number of fused-ring (bicyclic) bond motifs is 2. The summed E-state index contributed by atoms with van der Waals surface area (Å²) >= 11 is 0. The third-order valence-corrected chi connectivity index (χ3v) is 5.87. The van der Waals surface area contributed by atoms with Gasteiger partial charge in [0.25, 0.3) is 0 Å². The number of nitrogens with zero attached hydrogens (tertiary/aromatic N) is 2. The van der Waals surface area contributed by atoms with E-state index in [-0.39, 0.29) is 6.04 Å². The smallest absolute Gasteiger partial charge is 0.191 e. The van der Waals surface area contributed by atoms with E-state index in [4.69, 9.17) is 14.1 Å². The number of aryl methyl sites for hydroxylation is 1. The van der Waals surface area contributed by atoms with Crippen molar-refractivity contribution in [2.45, 2.75) is 70.2 Å². The van der Waals surface area contributed by atoms with Crippen LogP contribution in [0.2, 0.25) is 0 Å². The predicted molar refractivity (Wildman–Crippen MR) is 102 cm³/mol. The lowest BCUT2D eigenvalue weighted by atomic mass is 9.96. The number of hydrogen-bond donors (Lipinski definition) is 2. The number of aliphatic imine (C=N–C) groups is 1. The molecule has 4 rings (SSSR count). The van der Waals surface area contributed by atoms with Crippen LogP contribution in [-0.2, 0) is 4.74 Å². The number of rotatable bonds is 6. The zero-order valence-corrected chi connectivity index (χ0v) is 16.0. The summed E-state index contributed by atoms with van der Waals surface area (Å²) in [7, 11) is 0. The Labute approximate surface area is 156 Å². The van der Waals surface area contributed by atoms with E-state index >= 15 is 0 Å². The summed E-state index contributed by atoms with van der Waals surface area (Å²) in [5, 5.41) is 7.02. The maximum absolute atomic E-state index is 5.97. The summed E-state index contributed by atoms with van der Waals surface area (Å²) in [5.41, 5.74) is 0. The molecule has 2 bridgehead atoms. The van der Waals surface area contributed by atoms with E-state index in [1.807, 2.05) is 6.92 Å². The van der Waals surface area contributed by atoms with Crippen LogP contribution in [0.4, 0.5) is 0 Å². The average molecular weight is 361 g/mol. The minimum Gasteiger partial charge on any atom is -0.465 e. The van der Waals surface area contributed by atoms with Crippen LogP contribution < -0.4 is 10.6 Å². The molecule has 1 aromatic heterocycles. The molecule has 4 heterocycles. The molecule has 2 N–H and O–H groups in total.